The number of aliphatic hydroxyl groups is 1. The van der Waals surface area contributed by atoms with Gasteiger partial charge in [-0.1, -0.05) is 27.2 Å². The molecule has 31 heavy (non-hydrogen) atoms. The Morgan fingerprint density at radius 3 is 2.48 bits per heavy atom. The van der Waals surface area contributed by atoms with Crippen molar-refractivity contribution in [2.45, 2.75) is 111 Å². The van der Waals surface area contributed by atoms with Gasteiger partial charge in [-0.15, -0.1) is 0 Å². The van der Waals surface area contributed by atoms with Crippen LogP contribution in [0.15, 0.2) is 0 Å². The summed E-state index contributed by atoms with van der Waals surface area (Å²) in [6.45, 7) is 10.3. The molecule has 2 fully saturated rings. The molecule has 2 aliphatic carbocycles. The Balaban J connectivity index is 2.08. The van der Waals surface area contributed by atoms with Crippen molar-refractivity contribution in [3.05, 3.63) is 0 Å². The number of carboxylic acids is 1. The Morgan fingerprint density at radius 2 is 1.87 bits per heavy atom. The second-order valence-corrected chi connectivity index (χ2v) is 11.0. The van der Waals surface area contributed by atoms with E-state index >= 15 is 0 Å². The van der Waals surface area contributed by atoms with Crippen molar-refractivity contribution in [2.24, 2.45) is 35.0 Å². The summed E-state index contributed by atoms with van der Waals surface area (Å²) in [4.78, 5) is 23.5. The number of hydrogen-bond acceptors (Lipinski definition) is 4. The highest BCUT2D eigenvalue weighted by atomic mass is 19.1. The maximum atomic E-state index is 13.8. The standard InChI is InChI=1S/C25H43FO5/c1-6-25(4,5)24(30)31-21-12-15(2)11-17-8-7-16(3)20(23(17)21)10-9-19(27)13-18(26)14-22(28)29/h15-21,23,27H,6-14H2,1-5H3,(H,28,29)/t15-,16-,17?,18-,19+,20-,21-,23?/m0/s1. The zero-order valence-electron chi connectivity index (χ0n) is 20.0. The maximum Gasteiger partial charge on any atom is 0.311 e. The van der Waals surface area contributed by atoms with Gasteiger partial charge < -0.3 is 14.9 Å². The predicted octanol–water partition coefficient (Wildman–Crippen LogP) is 5.39. The Kier molecular flexibility index (Phi) is 9.35. The van der Waals surface area contributed by atoms with Crippen molar-refractivity contribution in [2.75, 3.05) is 0 Å². The fourth-order valence-electron chi connectivity index (χ4n) is 5.75. The third-order valence-corrected chi connectivity index (χ3v) is 7.98. The molecule has 180 valence electrons. The summed E-state index contributed by atoms with van der Waals surface area (Å²) in [5, 5.41) is 19.0. The van der Waals surface area contributed by atoms with Crippen LogP contribution in [0.25, 0.3) is 0 Å². The summed E-state index contributed by atoms with van der Waals surface area (Å²) >= 11 is 0. The molecule has 2 aliphatic rings. The van der Waals surface area contributed by atoms with Gasteiger partial charge in [-0.25, -0.2) is 4.39 Å². The molecule has 0 spiro atoms. The van der Waals surface area contributed by atoms with E-state index in [4.69, 9.17) is 9.84 Å². The molecule has 2 unspecified atom stereocenters. The normalized spacial score (nSPS) is 33.3. The highest BCUT2D eigenvalue weighted by Crippen LogP contribution is 2.50. The summed E-state index contributed by atoms with van der Waals surface area (Å²) in [5.41, 5.74) is -0.498. The molecule has 0 aromatic rings. The van der Waals surface area contributed by atoms with Crippen LogP contribution in [0.3, 0.4) is 0 Å². The average Bonchev–Trinajstić information content (AvgIpc) is 2.66. The second-order valence-electron chi connectivity index (χ2n) is 11.0. The third-order valence-electron chi connectivity index (χ3n) is 7.98. The molecule has 0 aromatic carbocycles. The van der Waals surface area contributed by atoms with Crippen LogP contribution in [0.1, 0.15) is 92.4 Å². The molecule has 0 saturated heterocycles. The minimum Gasteiger partial charge on any atom is -0.481 e. The summed E-state index contributed by atoms with van der Waals surface area (Å²) in [5.74, 6) is 0.794. The van der Waals surface area contributed by atoms with Crippen molar-refractivity contribution in [1.29, 1.82) is 0 Å². The van der Waals surface area contributed by atoms with E-state index in [1.807, 2.05) is 20.8 Å². The van der Waals surface area contributed by atoms with E-state index in [9.17, 15) is 19.1 Å². The predicted molar refractivity (Wildman–Crippen MR) is 118 cm³/mol. The number of fused-ring (bicyclic) bond motifs is 1. The van der Waals surface area contributed by atoms with Gasteiger partial charge in [0.05, 0.1) is 17.9 Å². The van der Waals surface area contributed by atoms with Gasteiger partial charge in [0.2, 0.25) is 0 Å². The van der Waals surface area contributed by atoms with E-state index in [2.05, 4.69) is 13.8 Å². The van der Waals surface area contributed by atoms with Crippen molar-refractivity contribution in [3.8, 4) is 0 Å². The Hall–Kier alpha value is -1.17. The smallest absolute Gasteiger partial charge is 0.311 e. The van der Waals surface area contributed by atoms with Crippen LogP contribution in [0.4, 0.5) is 4.39 Å². The lowest BCUT2D eigenvalue weighted by Gasteiger charge is -2.50. The number of ether oxygens (including phenoxy) is 1. The molecule has 0 radical (unpaired) electrons. The number of carboxylic acid groups (broad SMARTS) is 1. The van der Waals surface area contributed by atoms with Gasteiger partial charge in [0.15, 0.2) is 0 Å². The molecule has 0 aromatic heterocycles. The monoisotopic (exact) mass is 442 g/mol. The zero-order chi connectivity index (χ0) is 23.3. The van der Waals surface area contributed by atoms with Crippen molar-refractivity contribution in [3.63, 3.8) is 0 Å². The highest BCUT2D eigenvalue weighted by Gasteiger charge is 2.47. The summed E-state index contributed by atoms with van der Waals surface area (Å²) < 4.78 is 20.0. The molecule has 2 saturated carbocycles. The van der Waals surface area contributed by atoms with Crippen molar-refractivity contribution >= 4 is 11.9 Å². The molecule has 2 N–H and O–H groups in total. The first kappa shape index (κ1) is 26.1. The number of alkyl halides is 1. The largest absolute Gasteiger partial charge is 0.481 e. The molecule has 0 aliphatic heterocycles. The molecule has 0 bridgehead atoms. The SMILES string of the molecule is CCC(C)(C)C(=O)O[C@H]1C[C@@H](C)CC2CC[C@H](C)[C@H](CC[C@@H](O)C[C@H](F)CC(=O)O)C21. The van der Waals surface area contributed by atoms with Gasteiger partial charge >= 0.3 is 11.9 Å². The van der Waals surface area contributed by atoms with Crippen LogP contribution in [-0.2, 0) is 14.3 Å². The van der Waals surface area contributed by atoms with Gasteiger partial charge in [0, 0.05) is 12.3 Å². The van der Waals surface area contributed by atoms with Gasteiger partial charge in [-0.05, 0) is 76.0 Å². The molecule has 2 rings (SSSR count). The molecular formula is C25H43FO5. The second kappa shape index (κ2) is 11.1. The fraction of sp³-hybridized carbons (Fsp3) is 0.920. The number of carbonyl (C=O) groups is 2. The minimum absolute atomic E-state index is 0.0992. The fourth-order valence-corrected chi connectivity index (χ4v) is 5.75. The van der Waals surface area contributed by atoms with Crippen LogP contribution >= 0.6 is 0 Å². The molecule has 6 heteroatoms. The highest BCUT2D eigenvalue weighted by molar-refractivity contribution is 5.76. The average molecular weight is 443 g/mol. The Morgan fingerprint density at radius 1 is 1.19 bits per heavy atom. The number of hydrogen-bond donors (Lipinski definition) is 2. The number of halogens is 1. The lowest BCUT2D eigenvalue weighted by atomic mass is 9.58. The summed E-state index contributed by atoms with van der Waals surface area (Å²) in [7, 11) is 0. The van der Waals surface area contributed by atoms with Gasteiger partial charge in [-0.3, -0.25) is 9.59 Å². The molecule has 5 nitrogen and oxygen atoms in total. The quantitative estimate of drug-likeness (QED) is 0.443. The molecular weight excluding hydrogens is 399 g/mol. The number of carbonyl (C=O) groups excluding carboxylic acids is 1. The first-order valence-electron chi connectivity index (χ1n) is 12.2. The number of aliphatic carboxylic acids is 1. The van der Waals surface area contributed by atoms with Gasteiger partial charge in [-0.2, -0.15) is 0 Å². The van der Waals surface area contributed by atoms with E-state index in [0.29, 0.717) is 30.1 Å². The van der Waals surface area contributed by atoms with Crippen LogP contribution in [0, 0.1) is 35.0 Å². The van der Waals surface area contributed by atoms with Crippen LogP contribution < -0.4 is 0 Å². The molecule has 0 amide bonds. The lowest BCUT2D eigenvalue weighted by Crippen LogP contribution is -2.48. The van der Waals surface area contributed by atoms with Crippen molar-refractivity contribution in [1.82, 2.24) is 0 Å². The van der Waals surface area contributed by atoms with E-state index in [-0.39, 0.29) is 24.4 Å². The van der Waals surface area contributed by atoms with Crippen LogP contribution in [-0.4, -0.2) is 40.5 Å². The Labute approximate surface area is 187 Å². The van der Waals surface area contributed by atoms with Gasteiger partial charge in [0.1, 0.15) is 12.3 Å². The van der Waals surface area contributed by atoms with Crippen LogP contribution in [0.2, 0.25) is 0 Å². The number of rotatable bonds is 10. The van der Waals surface area contributed by atoms with E-state index in [0.717, 1.165) is 38.5 Å². The first-order valence-corrected chi connectivity index (χ1v) is 12.2. The number of esters is 1. The van der Waals surface area contributed by atoms with E-state index in [1.54, 1.807) is 0 Å². The number of aliphatic hydroxyl groups excluding tert-OH is 1. The zero-order valence-corrected chi connectivity index (χ0v) is 20.0. The first-order chi connectivity index (χ1) is 14.4. The summed E-state index contributed by atoms with van der Waals surface area (Å²) in [6, 6.07) is 0. The van der Waals surface area contributed by atoms with E-state index in [1.165, 1.54) is 0 Å². The maximum absolute atomic E-state index is 13.8. The third kappa shape index (κ3) is 7.16. The van der Waals surface area contributed by atoms with Crippen molar-refractivity contribution < 1.29 is 28.9 Å². The summed E-state index contributed by atoms with van der Waals surface area (Å²) in [6.07, 6.45) is 3.06. The van der Waals surface area contributed by atoms with Crippen LogP contribution in [0.5, 0.6) is 0 Å². The molecule has 0 heterocycles. The topological polar surface area (TPSA) is 83.8 Å². The minimum atomic E-state index is -1.52. The Bertz CT molecular complexity index is 607. The lowest BCUT2D eigenvalue weighted by molar-refractivity contribution is -0.173. The molecule has 8 atom stereocenters. The van der Waals surface area contributed by atoms with Gasteiger partial charge in [0.25, 0.3) is 0 Å². The van der Waals surface area contributed by atoms with E-state index < -0.39 is 30.1 Å².